The summed E-state index contributed by atoms with van der Waals surface area (Å²) in [5.74, 6) is 0. The predicted molar refractivity (Wildman–Crippen MR) is 81.5 cm³/mol. The van der Waals surface area contributed by atoms with Gasteiger partial charge < -0.3 is 4.55 Å². The van der Waals surface area contributed by atoms with E-state index in [4.69, 9.17) is 0 Å². The van der Waals surface area contributed by atoms with Gasteiger partial charge >= 0.3 is 24.7 Å². The number of rotatable bonds is 0. The lowest BCUT2D eigenvalue weighted by Gasteiger charge is -2.45. The van der Waals surface area contributed by atoms with Crippen LogP contribution in [0.5, 0.6) is 0 Å². The fourth-order valence-corrected chi connectivity index (χ4v) is 5.86. The van der Waals surface area contributed by atoms with Gasteiger partial charge in [-0.2, -0.15) is 52.7 Å². The molecular weight excluding hydrogens is 500 g/mol. The molecule has 0 aromatic heterocycles. The molecule has 16 heteroatoms. The van der Waals surface area contributed by atoms with Crippen LogP contribution >= 0.6 is 10.9 Å². The molecular formula is C16H11F12O3S-. The van der Waals surface area contributed by atoms with Gasteiger partial charge in [0.25, 0.3) is 11.2 Å². The summed E-state index contributed by atoms with van der Waals surface area (Å²) < 4.78 is 184. The van der Waals surface area contributed by atoms with Crippen molar-refractivity contribution >= 4 is 10.9 Å². The van der Waals surface area contributed by atoms with Crippen LogP contribution in [0.3, 0.4) is 0 Å². The quantitative estimate of drug-likeness (QED) is 0.360. The van der Waals surface area contributed by atoms with Crippen molar-refractivity contribution in [3.63, 3.8) is 0 Å². The van der Waals surface area contributed by atoms with E-state index in [2.05, 4.69) is 8.37 Å². The number of halogens is 12. The molecule has 2 aliphatic rings. The van der Waals surface area contributed by atoms with Gasteiger partial charge in [0.15, 0.2) is 0 Å². The molecule has 0 radical (unpaired) electrons. The summed E-state index contributed by atoms with van der Waals surface area (Å²) >= 11 is 0. The van der Waals surface area contributed by atoms with Crippen LogP contribution in [0.25, 0.3) is 0 Å². The van der Waals surface area contributed by atoms with Crippen molar-refractivity contribution in [2.75, 3.05) is 0 Å². The molecule has 0 bridgehead atoms. The second-order valence-corrected chi connectivity index (χ2v) is 9.77. The second kappa shape index (κ2) is 6.18. The minimum Gasteiger partial charge on any atom is -0.769 e. The van der Waals surface area contributed by atoms with Crippen LogP contribution in [0.15, 0.2) is 17.0 Å². The molecule has 0 unspecified atom stereocenters. The second-order valence-electron chi connectivity index (χ2n) is 8.12. The first-order valence-corrected chi connectivity index (χ1v) is 9.69. The largest absolute Gasteiger partial charge is 0.769 e. The first kappa shape index (κ1) is 25.2. The zero-order valence-electron chi connectivity index (χ0n) is 15.8. The molecule has 0 aliphatic carbocycles. The van der Waals surface area contributed by atoms with Crippen LogP contribution in [0.4, 0.5) is 52.7 Å². The van der Waals surface area contributed by atoms with Crippen molar-refractivity contribution in [3.8, 4) is 0 Å². The minimum absolute atomic E-state index is 0.0959. The lowest BCUT2D eigenvalue weighted by Crippen LogP contribution is -2.57. The summed E-state index contributed by atoms with van der Waals surface area (Å²) in [5.41, 5.74) is -17.7. The van der Waals surface area contributed by atoms with Gasteiger partial charge in [-0.25, -0.2) is 0 Å². The van der Waals surface area contributed by atoms with E-state index in [1.165, 1.54) is 0 Å². The monoisotopic (exact) mass is 511 g/mol. The topological polar surface area (TPSA) is 41.5 Å². The molecule has 32 heavy (non-hydrogen) atoms. The molecule has 0 atom stereocenters. The van der Waals surface area contributed by atoms with E-state index in [1.54, 1.807) is 0 Å². The molecule has 0 spiro atoms. The van der Waals surface area contributed by atoms with E-state index in [1.807, 2.05) is 0 Å². The third kappa shape index (κ3) is 2.91. The number of benzene rings is 1. The summed E-state index contributed by atoms with van der Waals surface area (Å²) in [7, 11) is -6.05. The third-order valence-corrected chi connectivity index (χ3v) is 6.91. The molecule has 1 aromatic rings. The van der Waals surface area contributed by atoms with Crippen molar-refractivity contribution in [1.29, 1.82) is 0 Å². The Kier molecular flexibility index (Phi) is 4.88. The highest BCUT2D eigenvalue weighted by Crippen LogP contribution is 2.81. The standard InChI is InChI=1S/C16H12F12O3S/c1-10(2,3)6-4-7-9-8(5-6)12(15(23,24)25,16(26,27)28)31-32(9,29)30-11(7,13(17,18)19)14(20,21)22/h4-5,29H,1-3H3/p-1. The Balaban J connectivity index is 2.60. The number of hydrogen-bond acceptors (Lipinski definition) is 3. The molecule has 3 rings (SSSR count). The van der Waals surface area contributed by atoms with Gasteiger partial charge in [-0.1, -0.05) is 43.8 Å². The Labute approximate surface area is 173 Å². The first-order valence-electron chi connectivity index (χ1n) is 8.28. The highest BCUT2D eigenvalue weighted by atomic mass is 32.3. The Bertz CT molecular complexity index is 860. The smallest absolute Gasteiger partial charge is 0.432 e. The van der Waals surface area contributed by atoms with Crippen molar-refractivity contribution in [2.24, 2.45) is 0 Å². The predicted octanol–water partition coefficient (Wildman–Crippen LogP) is 6.81. The first-order chi connectivity index (χ1) is 13.9. The highest BCUT2D eigenvalue weighted by molar-refractivity contribution is 8.21. The van der Waals surface area contributed by atoms with E-state index in [-0.39, 0.29) is 12.1 Å². The van der Waals surface area contributed by atoms with E-state index < -0.39 is 73.8 Å². The fourth-order valence-electron chi connectivity index (χ4n) is 3.49. The normalized spacial score (nSPS) is 23.2. The summed E-state index contributed by atoms with van der Waals surface area (Å²) in [6, 6.07) is 0.192. The maximum absolute atomic E-state index is 13.7. The Morgan fingerprint density at radius 2 is 0.938 bits per heavy atom. The molecule has 0 saturated carbocycles. The van der Waals surface area contributed by atoms with Crippen molar-refractivity contribution < 1.29 is 65.6 Å². The summed E-state index contributed by atoms with van der Waals surface area (Å²) in [6.07, 6.45) is -25.9. The lowest BCUT2D eigenvalue weighted by molar-refractivity contribution is -0.377. The molecule has 0 amide bonds. The van der Waals surface area contributed by atoms with Gasteiger partial charge in [0, 0.05) is 16.0 Å². The summed E-state index contributed by atoms with van der Waals surface area (Å²) in [4.78, 5) is -2.07. The van der Waals surface area contributed by atoms with Gasteiger partial charge in [0.2, 0.25) is 0 Å². The van der Waals surface area contributed by atoms with Crippen LogP contribution in [0.1, 0.15) is 37.5 Å². The Morgan fingerprint density at radius 3 is 1.16 bits per heavy atom. The van der Waals surface area contributed by atoms with Gasteiger partial charge in [0.1, 0.15) is 0 Å². The maximum Gasteiger partial charge on any atom is 0.432 e. The Morgan fingerprint density at radius 1 is 0.656 bits per heavy atom. The molecule has 2 aliphatic heterocycles. The molecule has 3 nitrogen and oxygen atoms in total. The van der Waals surface area contributed by atoms with Crippen LogP contribution in [0.2, 0.25) is 0 Å². The molecule has 184 valence electrons. The molecule has 0 fully saturated rings. The number of hydrogen-bond donors (Lipinski definition) is 0. The van der Waals surface area contributed by atoms with E-state index in [9.17, 15) is 57.2 Å². The van der Waals surface area contributed by atoms with Crippen LogP contribution < -0.4 is 0 Å². The molecule has 0 N–H and O–H groups in total. The average molecular weight is 511 g/mol. The highest BCUT2D eigenvalue weighted by Gasteiger charge is 2.84. The van der Waals surface area contributed by atoms with Gasteiger partial charge in [-0.15, -0.1) is 0 Å². The van der Waals surface area contributed by atoms with Gasteiger partial charge in [-0.05, 0) is 11.0 Å². The number of alkyl halides is 12. The lowest BCUT2D eigenvalue weighted by atomic mass is 9.78. The summed E-state index contributed by atoms with van der Waals surface area (Å²) in [5, 5.41) is 0. The third-order valence-electron chi connectivity index (χ3n) is 5.03. The van der Waals surface area contributed by atoms with E-state index in [0.717, 1.165) is 20.8 Å². The SMILES string of the molecule is CC(C)(C)c1cc2c3c(c1)C(C(F)(F)F)(C(F)(F)F)OS3([O-])OC2(C(F)(F)F)C(F)(F)F. The molecule has 2 heterocycles. The van der Waals surface area contributed by atoms with Crippen LogP contribution in [0, 0.1) is 0 Å². The van der Waals surface area contributed by atoms with Gasteiger partial charge in [0.05, 0.1) is 0 Å². The minimum atomic E-state index is -6.48. The van der Waals surface area contributed by atoms with Crippen LogP contribution in [-0.2, 0) is 25.0 Å². The zero-order chi connectivity index (χ0) is 25.1. The maximum atomic E-state index is 13.7. The average Bonchev–Trinajstić information content (AvgIpc) is 2.95. The molecule has 0 saturated heterocycles. The summed E-state index contributed by atoms with van der Waals surface area (Å²) in [6.45, 7) is 3.36. The zero-order valence-corrected chi connectivity index (χ0v) is 16.6. The van der Waals surface area contributed by atoms with E-state index >= 15 is 0 Å². The molecule has 1 aromatic carbocycles. The van der Waals surface area contributed by atoms with Gasteiger partial charge in [-0.3, -0.25) is 8.37 Å². The van der Waals surface area contributed by atoms with Crippen molar-refractivity contribution in [3.05, 3.63) is 28.8 Å². The van der Waals surface area contributed by atoms with Crippen LogP contribution in [-0.4, -0.2) is 29.3 Å². The fraction of sp³-hybridized carbons (Fsp3) is 0.625. The van der Waals surface area contributed by atoms with E-state index in [0.29, 0.717) is 0 Å². The van der Waals surface area contributed by atoms with Crippen molar-refractivity contribution in [2.45, 2.75) is 67.0 Å². The Hall–Kier alpha value is -1.39. The van der Waals surface area contributed by atoms with Crippen molar-refractivity contribution in [1.82, 2.24) is 0 Å².